The summed E-state index contributed by atoms with van der Waals surface area (Å²) in [5.41, 5.74) is 3.40. The molecule has 0 bridgehead atoms. The van der Waals surface area contributed by atoms with Crippen molar-refractivity contribution in [3.63, 3.8) is 0 Å². The first-order valence-corrected chi connectivity index (χ1v) is 18.5. The standard InChI is InChI=1S/C32H56N8O10S/c1-31(2,3)49-29(43)37-38-30(44)50-32(4,5)10-13-48-21-23-20-40(39-36-23)12-15-46-17-19-47-18-16-45-14-11-33-26(41)9-7-6-8-25-27-24(22-51-25)34-28(42)35-27/h20,24-25,27H,6-19,21-22H2,1-5H3,(H,33,41)(H,37,43)(H,38,44)(H2,34,35,42)/t24-,25-,27-/m0/s1. The minimum Gasteiger partial charge on any atom is -0.443 e. The van der Waals surface area contributed by atoms with Crippen LogP contribution in [0.3, 0.4) is 0 Å². The summed E-state index contributed by atoms with van der Waals surface area (Å²) in [4.78, 5) is 47.2. The van der Waals surface area contributed by atoms with Gasteiger partial charge >= 0.3 is 18.2 Å². The van der Waals surface area contributed by atoms with Crippen LogP contribution in [0.15, 0.2) is 6.20 Å². The van der Waals surface area contributed by atoms with Crippen LogP contribution in [-0.4, -0.2) is 126 Å². The van der Waals surface area contributed by atoms with Crippen molar-refractivity contribution < 1.29 is 47.6 Å². The van der Waals surface area contributed by atoms with Gasteiger partial charge in [0.05, 0.1) is 77.7 Å². The number of amides is 5. The monoisotopic (exact) mass is 744 g/mol. The Labute approximate surface area is 303 Å². The highest BCUT2D eigenvalue weighted by molar-refractivity contribution is 8.00. The lowest BCUT2D eigenvalue weighted by atomic mass is 10.0. The molecule has 1 aromatic heterocycles. The number of fused-ring (bicyclic) bond motifs is 1. The molecule has 0 aromatic carbocycles. The number of rotatable bonds is 23. The summed E-state index contributed by atoms with van der Waals surface area (Å²) in [6.45, 7) is 12.7. The number of urea groups is 1. The van der Waals surface area contributed by atoms with Crippen LogP contribution in [0.4, 0.5) is 14.4 Å². The molecule has 2 fully saturated rings. The maximum atomic E-state index is 12.1. The van der Waals surface area contributed by atoms with Gasteiger partial charge in [0.2, 0.25) is 5.91 Å². The number of hydrogen-bond donors (Lipinski definition) is 5. The van der Waals surface area contributed by atoms with E-state index in [1.54, 1.807) is 45.5 Å². The van der Waals surface area contributed by atoms with Crippen LogP contribution in [0.1, 0.15) is 72.4 Å². The molecule has 18 nitrogen and oxygen atoms in total. The highest BCUT2D eigenvalue weighted by Crippen LogP contribution is 2.33. The van der Waals surface area contributed by atoms with Crippen LogP contribution in [0.2, 0.25) is 0 Å². The predicted molar refractivity (Wildman–Crippen MR) is 187 cm³/mol. The number of carbonyl (C=O) groups excluding carboxylic acids is 4. The van der Waals surface area contributed by atoms with Crippen molar-refractivity contribution in [3.8, 4) is 0 Å². The summed E-state index contributed by atoms with van der Waals surface area (Å²) in [5.74, 6) is 0.976. The zero-order valence-electron chi connectivity index (χ0n) is 30.5. The van der Waals surface area contributed by atoms with Crippen LogP contribution < -0.4 is 26.8 Å². The van der Waals surface area contributed by atoms with Gasteiger partial charge in [0.1, 0.15) is 16.9 Å². The molecule has 19 heteroatoms. The Balaban J connectivity index is 1.07. The zero-order valence-corrected chi connectivity index (χ0v) is 31.3. The maximum absolute atomic E-state index is 12.1. The first-order chi connectivity index (χ1) is 24.3. The average molecular weight is 745 g/mol. The largest absolute Gasteiger partial charge is 0.443 e. The predicted octanol–water partition coefficient (Wildman–Crippen LogP) is 2.02. The molecular weight excluding hydrogens is 688 g/mol. The Morgan fingerprint density at radius 1 is 0.902 bits per heavy atom. The van der Waals surface area contributed by atoms with Gasteiger partial charge in [-0.1, -0.05) is 11.6 Å². The zero-order chi connectivity index (χ0) is 37.1. The summed E-state index contributed by atoms with van der Waals surface area (Å²) in [5, 5.41) is 17.4. The number of nitrogens with zero attached hydrogens (tertiary/aromatic N) is 3. The highest BCUT2D eigenvalue weighted by atomic mass is 32.2. The van der Waals surface area contributed by atoms with Gasteiger partial charge in [-0.25, -0.2) is 29.9 Å². The summed E-state index contributed by atoms with van der Waals surface area (Å²) in [7, 11) is 0. The van der Waals surface area contributed by atoms with E-state index in [0.29, 0.717) is 83.1 Å². The number of hydrogen-bond acceptors (Lipinski definition) is 13. The Morgan fingerprint density at radius 2 is 1.59 bits per heavy atom. The lowest BCUT2D eigenvalue weighted by Gasteiger charge is -2.25. The van der Waals surface area contributed by atoms with Crippen LogP contribution >= 0.6 is 11.8 Å². The van der Waals surface area contributed by atoms with Crippen molar-refractivity contribution in [1.82, 2.24) is 41.8 Å². The first kappa shape index (κ1) is 42.0. The molecule has 2 saturated heterocycles. The molecule has 290 valence electrons. The molecule has 0 aliphatic carbocycles. The van der Waals surface area contributed by atoms with Crippen LogP contribution in [0.5, 0.6) is 0 Å². The van der Waals surface area contributed by atoms with E-state index < -0.39 is 23.4 Å². The Kier molecular flexibility index (Phi) is 18.0. The van der Waals surface area contributed by atoms with Crippen molar-refractivity contribution in [2.75, 3.05) is 58.5 Å². The summed E-state index contributed by atoms with van der Waals surface area (Å²) in [6.07, 6.45) is 3.85. The van der Waals surface area contributed by atoms with E-state index in [2.05, 4.69) is 37.1 Å². The molecule has 3 rings (SSSR count). The third kappa shape index (κ3) is 18.1. The minimum absolute atomic E-state index is 0.0265. The van der Waals surface area contributed by atoms with Crippen LogP contribution in [-0.2, 0) is 46.4 Å². The topological polar surface area (TPSA) is 215 Å². The van der Waals surface area contributed by atoms with E-state index >= 15 is 0 Å². The lowest BCUT2D eigenvalue weighted by Crippen LogP contribution is -2.46. The van der Waals surface area contributed by atoms with Gasteiger partial charge in [-0.05, 0) is 47.5 Å². The molecule has 3 heterocycles. The van der Waals surface area contributed by atoms with E-state index in [-0.39, 0.29) is 30.6 Å². The fraction of sp³-hybridized carbons (Fsp3) is 0.812. The molecule has 0 spiro atoms. The minimum atomic E-state index is -0.846. The third-order valence-electron chi connectivity index (χ3n) is 7.58. The number of aromatic nitrogens is 3. The second-order valence-corrected chi connectivity index (χ2v) is 15.0. The number of unbranched alkanes of at least 4 members (excludes halogenated alkanes) is 1. The lowest BCUT2D eigenvalue weighted by molar-refractivity contribution is -0.121. The SMILES string of the molecule is CC(C)(C)OC(=O)NNC(=O)OC(C)(C)CCOCc1cn(CCOCCOCCOCCNC(=O)CCCC[C@@H]2SC[C@@H]3NC(=O)N[C@@H]32)nn1. The van der Waals surface area contributed by atoms with Gasteiger partial charge in [0.25, 0.3) is 0 Å². The molecule has 0 unspecified atom stereocenters. The molecule has 0 radical (unpaired) electrons. The fourth-order valence-corrected chi connectivity index (χ4v) is 6.61. The van der Waals surface area contributed by atoms with Gasteiger partial charge in [-0.2, -0.15) is 11.8 Å². The van der Waals surface area contributed by atoms with Gasteiger partial charge in [0.15, 0.2) is 0 Å². The van der Waals surface area contributed by atoms with Crippen molar-refractivity contribution in [2.45, 2.75) is 108 Å². The average Bonchev–Trinajstić information content (AvgIpc) is 3.76. The smallest absolute Gasteiger partial charge is 0.426 e. The summed E-state index contributed by atoms with van der Waals surface area (Å²) >= 11 is 1.89. The van der Waals surface area contributed by atoms with Crippen LogP contribution in [0.25, 0.3) is 0 Å². The second-order valence-electron chi connectivity index (χ2n) is 13.7. The molecule has 51 heavy (non-hydrogen) atoms. The normalized spacial score (nSPS) is 18.5. The second kappa shape index (κ2) is 21.9. The highest BCUT2D eigenvalue weighted by Gasteiger charge is 2.42. The first-order valence-electron chi connectivity index (χ1n) is 17.4. The van der Waals surface area contributed by atoms with Crippen molar-refractivity contribution in [2.24, 2.45) is 0 Å². The quantitative estimate of drug-likeness (QED) is 0.0617. The Morgan fingerprint density at radius 3 is 2.31 bits per heavy atom. The number of hydrazine groups is 1. The Hall–Kier alpha value is -3.39. The third-order valence-corrected chi connectivity index (χ3v) is 9.09. The van der Waals surface area contributed by atoms with E-state index in [4.69, 9.17) is 28.4 Å². The van der Waals surface area contributed by atoms with E-state index in [1.165, 1.54) is 0 Å². The molecule has 5 N–H and O–H groups in total. The molecule has 2 aliphatic rings. The maximum Gasteiger partial charge on any atom is 0.426 e. The van der Waals surface area contributed by atoms with Crippen molar-refractivity contribution in [1.29, 1.82) is 0 Å². The van der Waals surface area contributed by atoms with E-state index in [1.807, 2.05) is 11.8 Å². The molecule has 3 atom stereocenters. The van der Waals surface area contributed by atoms with E-state index in [9.17, 15) is 19.2 Å². The molecule has 5 amide bonds. The molecule has 1 aromatic rings. The molecular formula is C32H56N8O10S. The van der Waals surface area contributed by atoms with Gasteiger partial charge in [-0.15, -0.1) is 5.10 Å². The van der Waals surface area contributed by atoms with Crippen LogP contribution in [0, 0.1) is 0 Å². The number of carbonyl (C=O) groups is 4. The molecule has 0 saturated carbocycles. The van der Waals surface area contributed by atoms with Crippen molar-refractivity contribution >= 4 is 35.9 Å². The number of nitrogens with one attached hydrogen (secondary N) is 5. The van der Waals surface area contributed by atoms with E-state index in [0.717, 1.165) is 25.0 Å². The molecule has 2 aliphatic heterocycles. The van der Waals surface area contributed by atoms with Gasteiger partial charge < -0.3 is 44.4 Å². The summed E-state index contributed by atoms with van der Waals surface area (Å²) < 4.78 is 34.4. The van der Waals surface area contributed by atoms with Gasteiger partial charge in [-0.3, -0.25) is 4.79 Å². The van der Waals surface area contributed by atoms with Crippen molar-refractivity contribution in [3.05, 3.63) is 11.9 Å². The summed E-state index contributed by atoms with van der Waals surface area (Å²) in [6, 6.07) is 0.375. The number of thioether (sulfide) groups is 1. The fourth-order valence-electron chi connectivity index (χ4n) is 5.07. The number of ether oxygens (including phenoxy) is 6. The Bertz CT molecular complexity index is 1230. The van der Waals surface area contributed by atoms with Gasteiger partial charge in [0, 0.05) is 30.4 Å².